The van der Waals surface area contributed by atoms with Gasteiger partial charge in [0.1, 0.15) is 23.0 Å². The number of aryl methyl sites for hydroxylation is 1. The number of benzene rings is 1. The van der Waals surface area contributed by atoms with Gasteiger partial charge in [0.15, 0.2) is 0 Å². The smallest absolute Gasteiger partial charge is 0.332 e. The standard InChI is InChI=1S/C18H16F2N4O3/c1-23-15-13(17(26)24(2)18(23)27)3-4-14(22-15)16(25)21-6-5-10-7-11(19)9-12(20)8-10/h3-4,7-9H,5-6H2,1-2H3,(H,21,25). The molecule has 0 aliphatic heterocycles. The maximum absolute atomic E-state index is 13.2. The number of halogens is 2. The molecule has 27 heavy (non-hydrogen) atoms. The lowest BCUT2D eigenvalue weighted by Gasteiger charge is -2.09. The number of amides is 1. The van der Waals surface area contributed by atoms with Crippen LogP contribution in [0.4, 0.5) is 8.78 Å². The van der Waals surface area contributed by atoms with E-state index in [0.717, 1.165) is 10.6 Å². The number of pyridine rings is 1. The lowest BCUT2D eigenvalue weighted by atomic mass is 10.1. The first kappa shape index (κ1) is 18.4. The number of carbonyl (C=O) groups is 1. The average molecular weight is 374 g/mol. The van der Waals surface area contributed by atoms with E-state index in [4.69, 9.17) is 0 Å². The zero-order valence-corrected chi connectivity index (χ0v) is 14.6. The van der Waals surface area contributed by atoms with E-state index < -0.39 is 28.8 Å². The first-order valence-electron chi connectivity index (χ1n) is 8.08. The van der Waals surface area contributed by atoms with Gasteiger partial charge >= 0.3 is 5.69 Å². The van der Waals surface area contributed by atoms with Gasteiger partial charge in [-0.15, -0.1) is 0 Å². The predicted molar refractivity (Wildman–Crippen MR) is 94.6 cm³/mol. The minimum Gasteiger partial charge on any atom is -0.350 e. The molecular formula is C18H16F2N4O3. The van der Waals surface area contributed by atoms with E-state index in [1.165, 1.54) is 42.9 Å². The van der Waals surface area contributed by atoms with Crippen LogP contribution >= 0.6 is 0 Å². The number of hydrogen-bond acceptors (Lipinski definition) is 4. The molecule has 0 spiro atoms. The summed E-state index contributed by atoms with van der Waals surface area (Å²) in [5.74, 6) is -1.90. The molecule has 1 N–H and O–H groups in total. The Morgan fingerprint density at radius 3 is 2.41 bits per heavy atom. The monoisotopic (exact) mass is 374 g/mol. The first-order valence-corrected chi connectivity index (χ1v) is 8.08. The maximum atomic E-state index is 13.2. The minimum absolute atomic E-state index is 0.0242. The molecule has 3 rings (SSSR count). The summed E-state index contributed by atoms with van der Waals surface area (Å²) < 4.78 is 28.5. The third-order valence-corrected chi connectivity index (χ3v) is 4.16. The number of nitrogens with zero attached hydrogens (tertiary/aromatic N) is 3. The minimum atomic E-state index is -0.685. The fourth-order valence-corrected chi connectivity index (χ4v) is 2.75. The second-order valence-electron chi connectivity index (χ2n) is 6.06. The summed E-state index contributed by atoms with van der Waals surface area (Å²) in [6.07, 6.45) is 0.229. The Hall–Kier alpha value is -3.36. The van der Waals surface area contributed by atoms with E-state index in [0.29, 0.717) is 5.56 Å². The van der Waals surface area contributed by atoms with Crippen molar-refractivity contribution in [1.82, 2.24) is 19.4 Å². The van der Waals surface area contributed by atoms with Gasteiger partial charge in [0.25, 0.3) is 11.5 Å². The third kappa shape index (κ3) is 3.62. The van der Waals surface area contributed by atoms with Gasteiger partial charge in [0, 0.05) is 26.7 Å². The van der Waals surface area contributed by atoms with Crippen molar-refractivity contribution in [2.75, 3.05) is 6.54 Å². The summed E-state index contributed by atoms with van der Waals surface area (Å²) in [5.41, 5.74) is -0.518. The van der Waals surface area contributed by atoms with Crippen LogP contribution < -0.4 is 16.6 Å². The summed E-state index contributed by atoms with van der Waals surface area (Å²) in [4.78, 5) is 40.5. The van der Waals surface area contributed by atoms with Crippen molar-refractivity contribution in [3.63, 3.8) is 0 Å². The Bertz CT molecular complexity index is 1150. The van der Waals surface area contributed by atoms with Crippen LogP contribution in [0, 0.1) is 11.6 Å². The SMILES string of the molecule is Cn1c(=O)c2ccc(C(=O)NCCc3cc(F)cc(F)c3)nc2n(C)c1=O. The number of carbonyl (C=O) groups excluding carboxylic acids is 1. The zero-order valence-electron chi connectivity index (χ0n) is 14.6. The van der Waals surface area contributed by atoms with Crippen LogP contribution in [-0.4, -0.2) is 26.6 Å². The molecule has 0 fully saturated rings. The van der Waals surface area contributed by atoms with E-state index in [1.54, 1.807) is 0 Å². The molecule has 3 aromatic rings. The van der Waals surface area contributed by atoms with Gasteiger partial charge in [-0.3, -0.25) is 18.7 Å². The molecule has 7 nitrogen and oxygen atoms in total. The highest BCUT2D eigenvalue weighted by molar-refractivity contribution is 5.94. The van der Waals surface area contributed by atoms with E-state index in [2.05, 4.69) is 10.3 Å². The molecule has 9 heteroatoms. The van der Waals surface area contributed by atoms with Crippen LogP contribution in [0.15, 0.2) is 39.9 Å². The Kier molecular flexibility index (Phi) is 4.85. The maximum Gasteiger partial charge on any atom is 0.332 e. The number of nitrogens with one attached hydrogen (secondary N) is 1. The molecule has 0 aliphatic carbocycles. The third-order valence-electron chi connectivity index (χ3n) is 4.16. The number of aromatic nitrogens is 3. The first-order chi connectivity index (χ1) is 12.8. The average Bonchev–Trinajstić information content (AvgIpc) is 2.63. The Labute approximate surface area is 151 Å². The van der Waals surface area contributed by atoms with Gasteiger partial charge in [-0.05, 0) is 36.2 Å². The highest BCUT2D eigenvalue weighted by atomic mass is 19.1. The molecule has 0 saturated heterocycles. The largest absolute Gasteiger partial charge is 0.350 e. The highest BCUT2D eigenvalue weighted by Crippen LogP contribution is 2.09. The molecule has 0 bridgehead atoms. The van der Waals surface area contributed by atoms with Crippen molar-refractivity contribution < 1.29 is 13.6 Å². The van der Waals surface area contributed by atoms with Crippen molar-refractivity contribution in [3.8, 4) is 0 Å². The van der Waals surface area contributed by atoms with Crippen molar-refractivity contribution in [3.05, 3.63) is 74.1 Å². The van der Waals surface area contributed by atoms with Crippen LogP contribution in [0.3, 0.4) is 0 Å². The number of rotatable bonds is 4. The predicted octanol–water partition coefficient (Wildman–Crippen LogP) is 0.883. The molecule has 2 heterocycles. The van der Waals surface area contributed by atoms with Crippen LogP contribution in [0.25, 0.3) is 11.0 Å². The summed E-state index contributed by atoms with van der Waals surface area (Å²) >= 11 is 0. The second kappa shape index (κ2) is 7.10. The van der Waals surface area contributed by atoms with E-state index in [1.807, 2.05) is 0 Å². The van der Waals surface area contributed by atoms with Crippen LogP contribution in [0.2, 0.25) is 0 Å². The van der Waals surface area contributed by atoms with E-state index >= 15 is 0 Å². The molecule has 1 aromatic carbocycles. The van der Waals surface area contributed by atoms with Gasteiger partial charge < -0.3 is 5.32 Å². The number of fused-ring (bicyclic) bond motifs is 1. The molecule has 0 aliphatic rings. The summed E-state index contributed by atoms with van der Waals surface area (Å²) in [7, 11) is 2.82. The Morgan fingerprint density at radius 2 is 1.74 bits per heavy atom. The van der Waals surface area contributed by atoms with E-state index in [-0.39, 0.29) is 29.7 Å². The van der Waals surface area contributed by atoms with Gasteiger partial charge in [-0.2, -0.15) is 0 Å². The molecule has 140 valence electrons. The highest BCUT2D eigenvalue weighted by Gasteiger charge is 2.13. The molecule has 1 amide bonds. The number of hydrogen-bond donors (Lipinski definition) is 1. The summed E-state index contributed by atoms with van der Waals surface area (Å²) in [6.45, 7) is 0.136. The normalized spacial score (nSPS) is 11.0. The van der Waals surface area contributed by atoms with E-state index in [9.17, 15) is 23.2 Å². The van der Waals surface area contributed by atoms with Gasteiger partial charge in [0.2, 0.25) is 0 Å². The summed E-state index contributed by atoms with van der Waals surface area (Å²) in [6, 6.07) is 5.96. The van der Waals surface area contributed by atoms with Crippen molar-refractivity contribution in [2.45, 2.75) is 6.42 Å². The van der Waals surface area contributed by atoms with Gasteiger partial charge in [-0.25, -0.2) is 18.6 Å². The van der Waals surface area contributed by atoms with Crippen LogP contribution in [0.1, 0.15) is 16.1 Å². The molecular weight excluding hydrogens is 358 g/mol. The van der Waals surface area contributed by atoms with Crippen LogP contribution in [-0.2, 0) is 20.5 Å². The molecule has 0 atom stereocenters. The second-order valence-corrected chi connectivity index (χ2v) is 6.06. The van der Waals surface area contributed by atoms with Crippen molar-refractivity contribution in [1.29, 1.82) is 0 Å². The van der Waals surface area contributed by atoms with Crippen molar-refractivity contribution in [2.24, 2.45) is 14.1 Å². The fourth-order valence-electron chi connectivity index (χ4n) is 2.75. The zero-order chi connectivity index (χ0) is 19.7. The Balaban J connectivity index is 1.80. The fraction of sp³-hybridized carbons (Fsp3) is 0.222. The molecule has 0 saturated carbocycles. The lowest BCUT2D eigenvalue weighted by Crippen LogP contribution is -2.37. The Morgan fingerprint density at radius 1 is 1.07 bits per heavy atom. The van der Waals surface area contributed by atoms with Crippen molar-refractivity contribution >= 4 is 16.9 Å². The van der Waals surface area contributed by atoms with Crippen LogP contribution in [0.5, 0.6) is 0 Å². The lowest BCUT2D eigenvalue weighted by molar-refractivity contribution is 0.0949. The molecule has 0 radical (unpaired) electrons. The molecule has 2 aromatic heterocycles. The quantitative estimate of drug-likeness (QED) is 0.735. The topological polar surface area (TPSA) is 86.0 Å². The van der Waals surface area contributed by atoms with Gasteiger partial charge in [-0.1, -0.05) is 0 Å². The summed E-state index contributed by atoms with van der Waals surface area (Å²) in [5, 5.41) is 2.81. The molecule has 0 unspecified atom stereocenters. The van der Waals surface area contributed by atoms with Gasteiger partial charge in [0.05, 0.1) is 5.39 Å².